The van der Waals surface area contributed by atoms with Crippen LogP contribution in [0.5, 0.6) is 0 Å². The molecule has 1 saturated heterocycles. The van der Waals surface area contributed by atoms with Gasteiger partial charge in [-0.2, -0.15) is 0 Å². The van der Waals surface area contributed by atoms with Gasteiger partial charge in [0.05, 0.1) is 0 Å². The van der Waals surface area contributed by atoms with Gasteiger partial charge in [0.15, 0.2) is 0 Å². The number of benzene rings is 1. The van der Waals surface area contributed by atoms with E-state index in [-0.39, 0.29) is 11.8 Å². The number of nitrogens with zero attached hydrogens (tertiary/aromatic N) is 1. The smallest absolute Gasteiger partial charge is 0.251 e. The van der Waals surface area contributed by atoms with Crippen LogP contribution in [-0.4, -0.2) is 48.9 Å². The summed E-state index contributed by atoms with van der Waals surface area (Å²) in [5.41, 5.74) is 0.618. The van der Waals surface area contributed by atoms with E-state index in [1.165, 1.54) is 6.42 Å². The van der Waals surface area contributed by atoms with Crippen LogP contribution in [0.25, 0.3) is 0 Å². The molecule has 1 aromatic carbocycles. The molecule has 1 unspecified atom stereocenters. The van der Waals surface area contributed by atoms with Gasteiger partial charge in [0.1, 0.15) is 0 Å². The van der Waals surface area contributed by atoms with Gasteiger partial charge in [0.2, 0.25) is 5.91 Å². The molecular formula is C17H25N3O2. The third kappa shape index (κ3) is 4.84. The van der Waals surface area contributed by atoms with Crippen molar-refractivity contribution in [2.75, 3.05) is 26.2 Å². The van der Waals surface area contributed by atoms with Crippen molar-refractivity contribution < 1.29 is 9.59 Å². The fourth-order valence-electron chi connectivity index (χ4n) is 2.84. The second kappa shape index (κ2) is 8.54. The quantitative estimate of drug-likeness (QED) is 0.800. The van der Waals surface area contributed by atoms with Crippen molar-refractivity contribution in [1.29, 1.82) is 0 Å². The first-order valence-corrected chi connectivity index (χ1v) is 8.04. The monoisotopic (exact) mass is 303 g/mol. The van der Waals surface area contributed by atoms with Gasteiger partial charge in [-0.1, -0.05) is 25.1 Å². The first-order valence-electron chi connectivity index (χ1n) is 8.04. The standard InChI is InChI=1S/C17H25N3O2/c1-2-20-12-6-9-15(20)13-19-16(21)10-11-18-17(22)14-7-4-3-5-8-14/h3-5,7-8,15H,2,6,9-13H2,1H3,(H,18,22)(H,19,21). The molecule has 120 valence electrons. The van der Waals surface area contributed by atoms with Crippen LogP contribution in [0.2, 0.25) is 0 Å². The molecule has 1 fully saturated rings. The van der Waals surface area contributed by atoms with E-state index in [0.29, 0.717) is 31.1 Å². The van der Waals surface area contributed by atoms with Gasteiger partial charge >= 0.3 is 0 Å². The van der Waals surface area contributed by atoms with Gasteiger partial charge in [-0.3, -0.25) is 14.5 Å². The minimum atomic E-state index is -0.138. The molecule has 1 aromatic rings. The summed E-state index contributed by atoms with van der Waals surface area (Å²) in [7, 11) is 0. The molecule has 0 aromatic heterocycles. The molecule has 0 saturated carbocycles. The highest BCUT2D eigenvalue weighted by Gasteiger charge is 2.22. The molecule has 2 rings (SSSR count). The third-order valence-corrected chi connectivity index (χ3v) is 4.11. The van der Waals surface area contributed by atoms with Crippen molar-refractivity contribution >= 4 is 11.8 Å². The zero-order valence-electron chi connectivity index (χ0n) is 13.2. The predicted octanol–water partition coefficient (Wildman–Crippen LogP) is 1.41. The fourth-order valence-corrected chi connectivity index (χ4v) is 2.84. The first-order chi connectivity index (χ1) is 10.7. The lowest BCUT2D eigenvalue weighted by Crippen LogP contribution is -2.40. The molecule has 1 heterocycles. The molecule has 0 spiro atoms. The second-order valence-electron chi connectivity index (χ2n) is 5.60. The summed E-state index contributed by atoms with van der Waals surface area (Å²) in [4.78, 5) is 26.1. The summed E-state index contributed by atoms with van der Waals surface area (Å²) in [6.45, 7) is 5.39. The molecule has 1 aliphatic rings. The molecule has 5 heteroatoms. The van der Waals surface area contributed by atoms with Crippen LogP contribution < -0.4 is 10.6 Å². The average Bonchev–Trinajstić information content (AvgIpc) is 3.01. The van der Waals surface area contributed by atoms with Crippen LogP contribution in [0.3, 0.4) is 0 Å². The van der Waals surface area contributed by atoms with Crippen LogP contribution in [0, 0.1) is 0 Å². The van der Waals surface area contributed by atoms with E-state index in [2.05, 4.69) is 22.5 Å². The van der Waals surface area contributed by atoms with Gasteiger partial charge in [0.25, 0.3) is 5.91 Å². The van der Waals surface area contributed by atoms with Crippen LogP contribution in [-0.2, 0) is 4.79 Å². The first kappa shape index (κ1) is 16.5. The number of carbonyl (C=O) groups excluding carboxylic acids is 2. The van der Waals surface area contributed by atoms with E-state index in [0.717, 1.165) is 19.5 Å². The van der Waals surface area contributed by atoms with Gasteiger partial charge < -0.3 is 10.6 Å². The summed E-state index contributed by atoms with van der Waals surface area (Å²) < 4.78 is 0. The topological polar surface area (TPSA) is 61.4 Å². The van der Waals surface area contributed by atoms with Crippen molar-refractivity contribution in [2.24, 2.45) is 0 Å². The third-order valence-electron chi connectivity index (χ3n) is 4.11. The van der Waals surface area contributed by atoms with Crippen LogP contribution >= 0.6 is 0 Å². The maximum absolute atomic E-state index is 11.8. The number of likely N-dealkylation sites (tertiary alicyclic amines) is 1. The Morgan fingerprint density at radius 3 is 2.73 bits per heavy atom. The molecular weight excluding hydrogens is 278 g/mol. The maximum Gasteiger partial charge on any atom is 0.251 e. The highest BCUT2D eigenvalue weighted by atomic mass is 16.2. The normalized spacial score (nSPS) is 18.1. The molecule has 2 N–H and O–H groups in total. The summed E-state index contributed by atoms with van der Waals surface area (Å²) in [5, 5.41) is 5.74. The average molecular weight is 303 g/mol. The SMILES string of the molecule is CCN1CCCC1CNC(=O)CCNC(=O)c1ccccc1. The summed E-state index contributed by atoms with van der Waals surface area (Å²) in [6, 6.07) is 9.50. The lowest BCUT2D eigenvalue weighted by Gasteiger charge is -2.22. The Labute approximate surface area is 132 Å². The maximum atomic E-state index is 11.8. The zero-order chi connectivity index (χ0) is 15.8. The Morgan fingerprint density at radius 1 is 1.23 bits per heavy atom. The Kier molecular flexibility index (Phi) is 6.40. The summed E-state index contributed by atoms with van der Waals surface area (Å²) >= 11 is 0. The number of carbonyl (C=O) groups is 2. The number of hydrogen-bond acceptors (Lipinski definition) is 3. The minimum Gasteiger partial charge on any atom is -0.354 e. The van der Waals surface area contributed by atoms with Crippen LogP contribution in [0.15, 0.2) is 30.3 Å². The van der Waals surface area contributed by atoms with E-state index in [9.17, 15) is 9.59 Å². The van der Waals surface area contributed by atoms with E-state index in [4.69, 9.17) is 0 Å². The van der Waals surface area contributed by atoms with Gasteiger partial charge in [-0.05, 0) is 38.1 Å². The van der Waals surface area contributed by atoms with Crippen molar-refractivity contribution in [1.82, 2.24) is 15.5 Å². The molecule has 0 aliphatic carbocycles. The molecule has 0 bridgehead atoms. The van der Waals surface area contributed by atoms with Gasteiger partial charge in [-0.25, -0.2) is 0 Å². The number of rotatable bonds is 7. The van der Waals surface area contributed by atoms with Crippen LogP contribution in [0.4, 0.5) is 0 Å². The second-order valence-corrected chi connectivity index (χ2v) is 5.60. The minimum absolute atomic E-state index is 0.00341. The van der Waals surface area contributed by atoms with Crippen molar-refractivity contribution in [3.05, 3.63) is 35.9 Å². The van der Waals surface area contributed by atoms with Crippen molar-refractivity contribution in [2.45, 2.75) is 32.2 Å². The molecule has 1 aliphatic heterocycles. The van der Waals surface area contributed by atoms with E-state index < -0.39 is 0 Å². The Morgan fingerprint density at radius 2 is 2.00 bits per heavy atom. The zero-order valence-corrected chi connectivity index (χ0v) is 13.2. The lowest BCUT2D eigenvalue weighted by atomic mass is 10.2. The number of amides is 2. The molecule has 0 radical (unpaired) electrons. The highest BCUT2D eigenvalue weighted by Crippen LogP contribution is 2.15. The number of nitrogens with one attached hydrogen (secondary N) is 2. The van der Waals surface area contributed by atoms with Gasteiger partial charge in [-0.15, -0.1) is 0 Å². The van der Waals surface area contributed by atoms with Gasteiger partial charge in [0, 0.05) is 31.1 Å². The van der Waals surface area contributed by atoms with Crippen LogP contribution in [0.1, 0.15) is 36.5 Å². The molecule has 1 atom stereocenters. The summed E-state index contributed by atoms with van der Waals surface area (Å²) in [6.07, 6.45) is 2.68. The van der Waals surface area contributed by atoms with E-state index in [1.807, 2.05) is 18.2 Å². The molecule has 2 amide bonds. The Bertz CT molecular complexity index is 490. The fraction of sp³-hybridized carbons (Fsp3) is 0.529. The Balaban J connectivity index is 1.63. The Hall–Kier alpha value is -1.88. The lowest BCUT2D eigenvalue weighted by molar-refractivity contribution is -0.121. The number of hydrogen-bond donors (Lipinski definition) is 2. The number of likely N-dealkylation sites (N-methyl/N-ethyl adjacent to an activating group) is 1. The van der Waals surface area contributed by atoms with Crippen molar-refractivity contribution in [3.63, 3.8) is 0 Å². The van der Waals surface area contributed by atoms with E-state index >= 15 is 0 Å². The summed E-state index contributed by atoms with van der Waals surface area (Å²) in [5.74, 6) is -0.141. The van der Waals surface area contributed by atoms with E-state index in [1.54, 1.807) is 12.1 Å². The molecule has 22 heavy (non-hydrogen) atoms. The molecule has 5 nitrogen and oxygen atoms in total. The largest absolute Gasteiger partial charge is 0.354 e. The van der Waals surface area contributed by atoms with Crippen molar-refractivity contribution in [3.8, 4) is 0 Å². The predicted molar refractivity (Wildman–Crippen MR) is 86.7 cm³/mol. The highest BCUT2D eigenvalue weighted by molar-refractivity contribution is 5.94.